The summed E-state index contributed by atoms with van der Waals surface area (Å²) in [6.45, 7) is 2.10. The molecule has 0 bridgehead atoms. The number of nitrogens with one attached hydrogen (secondary N) is 1. The maximum absolute atomic E-state index is 13.4. The number of anilines is 1. The van der Waals surface area contributed by atoms with Crippen molar-refractivity contribution < 1.29 is 14.7 Å². The fourth-order valence-electron chi connectivity index (χ4n) is 4.78. The van der Waals surface area contributed by atoms with E-state index in [1.165, 1.54) is 0 Å². The van der Waals surface area contributed by atoms with Crippen LogP contribution < -0.4 is 5.32 Å². The van der Waals surface area contributed by atoms with Crippen molar-refractivity contribution in [1.82, 2.24) is 14.8 Å². The van der Waals surface area contributed by atoms with Crippen molar-refractivity contribution in [2.45, 2.75) is 31.4 Å². The summed E-state index contributed by atoms with van der Waals surface area (Å²) in [4.78, 5) is 34.4. The summed E-state index contributed by atoms with van der Waals surface area (Å²) < 4.78 is 0. The van der Waals surface area contributed by atoms with Gasteiger partial charge in [0, 0.05) is 38.6 Å². The molecule has 1 fully saturated rings. The van der Waals surface area contributed by atoms with Crippen LogP contribution in [0.2, 0.25) is 0 Å². The lowest BCUT2D eigenvalue weighted by Gasteiger charge is -2.32. The number of aromatic nitrogens is 1. The van der Waals surface area contributed by atoms with Gasteiger partial charge < -0.3 is 15.3 Å². The van der Waals surface area contributed by atoms with Crippen LogP contribution in [-0.4, -0.2) is 64.5 Å². The molecule has 176 valence electrons. The average Bonchev–Trinajstić information content (AvgIpc) is 3.57. The van der Waals surface area contributed by atoms with Gasteiger partial charge in [-0.05, 0) is 40.8 Å². The van der Waals surface area contributed by atoms with Gasteiger partial charge in [0.15, 0.2) is 0 Å². The zero-order valence-electron chi connectivity index (χ0n) is 19.1. The number of amides is 2. The van der Waals surface area contributed by atoms with Gasteiger partial charge in [0.05, 0.1) is 35.4 Å². The lowest BCUT2D eigenvalue weighted by Crippen LogP contribution is -2.39. The van der Waals surface area contributed by atoms with E-state index in [9.17, 15) is 14.7 Å². The van der Waals surface area contributed by atoms with Crippen molar-refractivity contribution in [1.29, 1.82) is 0 Å². The number of hydrogen-bond donors (Lipinski definition) is 2. The Morgan fingerprint density at radius 2 is 2.21 bits per heavy atom. The Kier molecular flexibility index (Phi) is 6.45. The average molecular weight is 477 g/mol. The number of thiazole rings is 1. The highest BCUT2D eigenvalue weighted by atomic mass is 32.1. The zero-order valence-corrected chi connectivity index (χ0v) is 19.9. The molecule has 2 N–H and O–H groups in total. The van der Waals surface area contributed by atoms with Crippen LogP contribution in [-0.2, 0) is 22.4 Å². The van der Waals surface area contributed by atoms with E-state index in [4.69, 9.17) is 0 Å². The highest BCUT2D eigenvalue weighted by molar-refractivity contribution is 7.13. The third kappa shape index (κ3) is 4.89. The fraction of sp³-hybridized carbons (Fsp3) is 0.346. The maximum atomic E-state index is 13.4. The van der Waals surface area contributed by atoms with Crippen molar-refractivity contribution in [2.24, 2.45) is 0 Å². The van der Waals surface area contributed by atoms with Gasteiger partial charge in [0.1, 0.15) is 0 Å². The topological polar surface area (TPSA) is 85.8 Å². The largest absolute Gasteiger partial charge is 0.392 e. The Morgan fingerprint density at radius 3 is 2.97 bits per heavy atom. The molecule has 34 heavy (non-hydrogen) atoms. The van der Waals surface area contributed by atoms with Crippen LogP contribution in [0.15, 0.2) is 54.2 Å². The molecule has 0 aliphatic carbocycles. The Morgan fingerprint density at radius 1 is 1.32 bits per heavy atom. The van der Waals surface area contributed by atoms with Crippen molar-refractivity contribution >= 4 is 28.8 Å². The van der Waals surface area contributed by atoms with E-state index in [-0.39, 0.29) is 30.4 Å². The summed E-state index contributed by atoms with van der Waals surface area (Å²) in [6.07, 6.45) is 2.95. The first kappa shape index (κ1) is 22.7. The number of carbonyl (C=O) groups is 2. The highest BCUT2D eigenvalue weighted by Crippen LogP contribution is 2.30. The van der Waals surface area contributed by atoms with E-state index >= 15 is 0 Å². The van der Waals surface area contributed by atoms with Gasteiger partial charge in [-0.2, -0.15) is 0 Å². The molecule has 2 atom stereocenters. The lowest BCUT2D eigenvalue weighted by molar-refractivity contribution is -0.131. The summed E-state index contributed by atoms with van der Waals surface area (Å²) in [6, 6.07) is 13.9. The molecule has 2 aromatic carbocycles. The van der Waals surface area contributed by atoms with Crippen LogP contribution in [0, 0.1) is 0 Å². The second-order valence-electron chi connectivity index (χ2n) is 9.11. The molecule has 3 heterocycles. The Labute approximate surface area is 203 Å². The van der Waals surface area contributed by atoms with Gasteiger partial charge in [-0.15, -0.1) is 11.3 Å². The van der Waals surface area contributed by atoms with Crippen LogP contribution in [0.25, 0.3) is 10.4 Å². The molecule has 5 rings (SSSR count). The van der Waals surface area contributed by atoms with Gasteiger partial charge in [-0.25, -0.2) is 0 Å². The Balaban J connectivity index is 1.38. The van der Waals surface area contributed by atoms with Gasteiger partial charge >= 0.3 is 0 Å². The van der Waals surface area contributed by atoms with E-state index in [1.807, 2.05) is 47.9 Å². The third-order valence-corrected chi connectivity index (χ3v) is 7.50. The predicted octanol–water partition coefficient (Wildman–Crippen LogP) is 3.11. The van der Waals surface area contributed by atoms with E-state index in [0.29, 0.717) is 19.5 Å². The van der Waals surface area contributed by atoms with E-state index in [1.54, 1.807) is 11.3 Å². The molecular weight excluding hydrogens is 448 g/mol. The number of likely N-dealkylation sites (N-methyl/N-ethyl adjacent to an activating group) is 1. The van der Waals surface area contributed by atoms with Crippen molar-refractivity contribution in [3.8, 4) is 10.4 Å². The first-order chi connectivity index (χ1) is 16.5. The monoisotopic (exact) mass is 476 g/mol. The molecule has 1 aromatic heterocycles. The maximum Gasteiger partial charge on any atom is 0.228 e. The van der Waals surface area contributed by atoms with Gasteiger partial charge in [-0.1, -0.05) is 30.3 Å². The van der Waals surface area contributed by atoms with Crippen LogP contribution in [0.3, 0.4) is 0 Å². The summed E-state index contributed by atoms with van der Waals surface area (Å²) in [5.74, 6) is 0.00138. The SMILES string of the molecule is CN(C(=O)Cc1ccc2c(c1)NC(=O)C2)[C@H](CN1CC[C@H](O)C1)c1cccc(-c2cncs2)c1. The number of likely N-dealkylation sites (tertiary alicyclic amines) is 1. The molecule has 2 amide bonds. The molecule has 0 radical (unpaired) electrons. The van der Waals surface area contributed by atoms with Gasteiger partial charge in [0.25, 0.3) is 0 Å². The minimum absolute atomic E-state index is 0.00992. The normalized spacial score (nSPS) is 18.5. The van der Waals surface area contributed by atoms with Crippen LogP contribution in [0.1, 0.15) is 29.2 Å². The number of rotatable bonds is 7. The number of aliphatic hydroxyl groups excluding tert-OH is 1. The van der Waals surface area contributed by atoms with Crippen LogP contribution in [0.5, 0.6) is 0 Å². The van der Waals surface area contributed by atoms with Crippen LogP contribution >= 0.6 is 11.3 Å². The third-order valence-electron chi connectivity index (χ3n) is 6.68. The number of carbonyl (C=O) groups excluding carboxylic acids is 2. The molecule has 7 nitrogen and oxygen atoms in total. The quantitative estimate of drug-likeness (QED) is 0.547. The first-order valence-electron chi connectivity index (χ1n) is 11.5. The number of benzene rings is 2. The smallest absolute Gasteiger partial charge is 0.228 e. The minimum atomic E-state index is -0.313. The summed E-state index contributed by atoms with van der Waals surface area (Å²) >= 11 is 1.59. The summed E-state index contributed by atoms with van der Waals surface area (Å²) in [5.41, 5.74) is 6.62. The van der Waals surface area contributed by atoms with E-state index in [2.05, 4.69) is 33.4 Å². The molecule has 3 aromatic rings. The molecule has 0 saturated carbocycles. The fourth-order valence-corrected chi connectivity index (χ4v) is 5.40. The molecule has 0 spiro atoms. The standard InChI is InChI=1S/C26H28N4O3S/c1-29(26(33)10-17-5-6-18-12-25(32)28-22(18)9-17)23(15-30-8-7-21(31)14-30)19-3-2-4-20(11-19)24-13-27-16-34-24/h2-6,9,11,13,16,21,23,31H,7-8,10,12,14-15H2,1H3,(H,28,32)/t21-,23+/m0/s1. The number of fused-ring (bicyclic) bond motifs is 1. The van der Waals surface area contributed by atoms with Crippen LogP contribution in [0.4, 0.5) is 5.69 Å². The van der Waals surface area contributed by atoms with E-state index < -0.39 is 0 Å². The minimum Gasteiger partial charge on any atom is -0.392 e. The summed E-state index contributed by atoms with van der Waals surface area (Å²) in [5, 5.41) is 12.9. The molecular formula is C26H28N4O3S. The number of hydrogen-bond acceptors (Lipinski definition) is 6. The molecule has 1 saturated heterocycles. The Hall–Kier alpha value is -3.07. The molecule has 2 aliphatic heterocycles. The predicted molar refractivity (Wildman–Crippen MR) is 133 cm³/mol. The van der Waals surface area contributed by atoms with Crippen molar-refractivity contribution in [2.75, 3.05) is 32.0 Å². The molecule has 8 heteroatoms. The van der Waals surface area contributed by atoms with Crippen molar-refractivity contribution in [3.63, 3.8) is 0 Å². The zero-order chi connectivity index (χ0) is 23.7. The van der Waals surface area contributed by atoms with Crippen molar-refractivity contribution in [3.05, 3.63) is 70.9 Å². The summed E-state index contributed by atoms with van der Waals surface area (Å²) in [7, 11) is 1.86. The Bertz CT molecular complexity index is 1200. The lowest BCUT2D eigenvalue weighted by atomic mass is 10.0. The number of β-amino-alcohol motifs (C(OH)–C–C–N with tert-alkyl or cyclic N) is 1. The number of nitrogens with zero attached hydrogens (tertiary/aromatic N) is 3. The second kappa shape index (κ2) is 9.66. The molecule has 0 unspecified atom stereocenters. The van der Waals surface area contributed by atoms with E-state index in [0.717, 1.165) is 45.8 Å². The van der Waals surface area contributed by atoms with Gasteiger partial charge in [-0.3, -0.25) is 19.5 Å². The second-order valence-corrected chi connectivity index (χ2v) is 9.99. The molecule has 2 aliphatic rings. The first-order valence-corrected chi connectivity index (χ1v) is 12.4. The number of aliphatic hydroxyl groups is 1. The van der Waals surface area contributed by atoms with Gasteiger partial charge in [0.2, 0.25) is 11.8 Å². The highest BCUT2D eigenvalue weighted by Gasteiger charge is 2.29.